The molecule has 0 saturated carbocycles. The Morgan fingerprint density at radius 2 is 1.87 bits per heavy atom. The van der Waals surface area contributed by atoms with E-state index in [4.69, 9.17) is 4.74 Å². The first-order chi connectivity index (χ1) is 10.9. The first-order valence-corrected chi connectivity index (χ1v) is 8.07. The minimum atomic E-state index is -0.891. The van der Waals surface area contributed by atoms with Gasteiger partial charge in [-0.2, -0.15) is 0 Å². The Labute approximate surface area is 137 Å². The van der Waals surface area contributed by atoms with E-state index in [-0.39, 0.29) is 18.4 Å². The van der Waals surface area contributed by atoms with Gasteiger partial charge in [0.1, 0.15) is 0 Å². The topological polar surface area (TPSA) is 75.6 Å². The van der Waals surface area contributed by atoms with E-state index in [2.05, 4.69) is 5.32 Å². The van der Waals surface area contributed by atoms with Gasteiger partial charge >= 0.3 is 5.97 Å². The molecule has 1 heterocycles. The van der Waals surface area contributed by atoms with Gasteiger partial charge in [0.2, 0.25) is 5.91 Å². The molecule has 1 aromatic carbocycles. The molecule has 23 heavy (non-hydrogen) atoms. The zero-order valence-corrected chi connectivity index (χ0v) is 13.8. The predicted molar refractivity (Wildman–Crippen MR) is 87.2 cm³/mol. The van der Waals surface area contributed by atoms with E-state index >= 15 is 0 Å². The monoisotopic (exact) mass is 319 g/mol. The van der Waals surface area contributed by atoms with Crippen LogP contribution in [0.15, 0.2) is 24.3 Å². The molecule has 2 N–H and O–H groups in total. The number of aliphatic carboxylic acids is 1. The number of nitrogens with one attached hydrogen (secondary N) is 1. The van der Waals surface area contributed by atoms with E-state index in [9.17, 15) is 14.7 Å². The number of rotatable bonds is 6. The van der Waals surface area contributed by atoms with Gasteiger partial charge in [0.15, 0.2) is 0 Å². The van der Waals surface area contributed by atoms with Gasteiger partial charge in [0.05, 0.1) is 5.41 Å². The van der Waals surface area contributed by atoms with Crippen LogP contribution >= 0.6 is 0 Å². The summed E-state index contributed by atoms with van der Waals surface area (Å²) in [6, 6.07) is 8.11. The quantitative estimate of drug-likeness (QED) is 0.842. The number of ether oxygens (including phenoxy) is 1. The largest absolute Gasteiger partial charge is 0.481 e. The molecule has 126 valence electrons. The third-order valence-electron chi connectivity index (χ3n) is 4.61. The van der Waals surface area contributed by atoms with Crippen LogP contribution in [0.4, 0.5) is 0 Å². The van der Waals surface area contributed by atoms with Crippen molar-refractivity contribution in [3.05, 3.63) is 35.4 Å². The lowest BCUT2D eigenvalue weighted by atomic mass is 9.80. The lowest BCUT2D eigenvalue weighted by molar-refractivity contribution is -0.154. The summed E-state index contributed by atoms with van der Waals surface area (Å²) in [6.45, 7) is 4.93. The fourth-order valence-electron chi connectivity index (χ4n) is 2.83. The summed E-state index contributed by atoms with van der Waals surface area (Å²) >= 11 is 0. The van der Waals surface area contributed by atoms with Crippen molar-refractivity contribution in [2.45, 2.75) is 33.1 Å². The van der Waals surface area contributed by atoms with Crippen molar-refractivity contribution in [1.29, 1.82) is 0 Å². The minimum absolute atomic E-state index is 0.0994. The maximum atomic E-state index is 12.3. The molecule has 5 heteroatoms. The molecule has 5 nitrogen and oxygen atoms in total. The van der Waals surface area contributed by atoms with Gasteiger partial charge in [0, 0.05) is 25.7 Å². The SMILES string of the molecule is Cc1ccc(CC(C)C(=O)NCC2(C(=O)O)CCOCC2)cc1. The van der Waals surface area contributed by atoms with E-state index in [1.807, 2.05) is 38.1 Å². The Morgan fingerprint density at radius 3 is 2.43 bits per heavy atom. The molecule has 0 spiro atoms. The second-order valence-electron chi connectivity index (χ2n) is 6.51. The van der Waals surface area contributed by atoms with Gasteiger partial charge in [-0.25, -0.2) is 0 Å². The molecule has 1 fully saturated rings. The number of hydrogen-bond acceptors (Lipinski definition) is 3. The van der Waals surface area contributed by atoms with Crippen LogP contribution in [0.5, 0.6) is 0 Å². The zero-order valence-electron chi connectivity index (χ0n) is 13.8. The van der Waals surface area contributed by atoms with Crippen LogP contribution in [0.3, 0.4) is 0 Å². The Bertz CT molecular complexity index is 547. The van der Waals surface area contributed by atoms with Crippen molar-refractivity contribution in [2.24, 2.45) is 11.3 Å². The normalized spacial score (nSPS) is 18.2. The summed E-state index contributed by atoms with van der Waals surface area (Å²) in [5, 5.41) is 12.3. The lowest BCUT2D eigenvalue weighted by Crippen LogP contribution is -2.47. The summed E-state index contributed by atoms with van der Waals surface area (Å²) in [6.07, 6.45) is 1.53. The number of carboxylic acids is 1. The molecule has 1 aromatic rings. The van der Waals surface area contributed by atoms with E-state index in [0.29, 0.717) is 32.5 Å². The number of hydrogen-bond donors (Lipinski definition) is 2. The highest BCUT2D eigenvalue weighted by molar-refractivity contribution is 5.80. The lowest BCUT2D eigenvalue weighted by Gasteiger charge is -2.33. The van der Waals surface area contributed by atoms with Gasteiger partial charge in [-0.3, -0.25) is 9.59 Å². The number of benzene rings is 1. The summed E-state index contributed by atoms with van der Waals surface area (Å²) in [4.78, 5) is 23.9. The van der Waals surface area contributed by atoms with Crippen molar-refractivity contribution >= 4 is 11.9 Å². The highest BCUT2D eigenvalue weighted by Gasteiger charge is 2.40. The molecule has 1 aliphatic rings. The third kappa shape index (κ3) is 4.55. The standard InChI is InChI=1S/C18H25NO4/c1-13-3-5-15(6-4-13)11-14(2)16(20)19-12-18(17(21)22)7-9-23-10-8-18/h3-6,14H,7-12H2,1-2H3,(H,19,20)(H,21,22). The van der Waals surface area contributed by atoms with Crippen LogP contribution in [0.1, 0.15) is 30.9 Å². The second kappa shape index (κ2) is 7.59. The van der Waals surface area contributed by atoms with Crippen LogP contribution in [0.25, 0.3) is 0 Å². The molecule has 0 bridgehead atoms. The molecule has 1 atom stereocenters. The van der Waals surface area contributed by atoms with Gasteiger partial charge in [-0.05, 0) is 31.7 Å². The zero-order chi connectivity index (χ0) is 16.9. The third-order valence-corrected chi connectivity index (χ3v) is 4.61. The Kier molecular flexibility index (Phi) is 5.77. The number of aryl methyl sites for hydroxylation is 1. The molecular weight excluding hydrogens is 294 g/mol. The smallest absolute Gasteiger partial charge is 0.311 e. The van der Waals surface area contributed by atoms with E-state index < -0.39 is 11.4 Å². The summed E-state index contributed by atoms with van der Waals surface area (Å²) in [5.74, 6) is -1.15. The van der Waals surface area contributed by atoms with Crippen LogP contribution < -0.4 is 5.32 Å². The highest BCUT2D eigenvalue weighted by Crippen LogP contribution is 2.30. The Hall–Kier alpha value is -1.88. The predicted octanol–water partition coefficient (Wildman–Crippen LogP) is 2.17. The van der Waals surface area contributed by atoms with Crippen molar-refractivity contribution in [3.8, 4) is 0 Å². The van der Waals surface area contributed by atoms with Crippen LogP contribution in [-0.2, 0) is 20.7 Å². The van der Waals surface area contributed by atoms with Crippen LogP contribution in [-0.4, -0.2) is 36.7 Å². The van der Waals surface area contributed by atoms with Crippen molar-refractivity contribution in [1.82, 2.24) is 5.32 Å². The average molecular weight is 319 g/mol. The molecule has 0 aliphatic carbocycles. The molecule has 1 saturated heterocycles. The maximum Gasteiger partial charge on any atom is 0.311 e. The second-order valence-corrected chi connectivity index (χ2v) is 6.51. The first kappa shape index (κ1) is 17.5. The van der Waals surface area contributed by atoms with Gasteiger partial charge in [-0.1, -0.05) is 36.8 Å². The van der Waals surface area contributed by atoms with Crippen molar-refractivity contribution in [2.75, 3.05) is 19.8 Å². The molecule has 2 rings (SSSR count). The molecular formula is C18H25NO4. The summed E-state index contributed by atoms with van der Waals surface area (Å²) < 4.78 is 5.24. The molecule has 1 amide bonds. The first-order valence-electron chi connectivity index (χ1n) is 8.07. The fourth-order valence-corrected chi connectivity index (χ4v) is 2.83. The minimum Gasteiger partial charge on any atom is -0.481 e. The number of carbonyl (C=O) groups excluding carboxylic acids is 1. The number of amides is 1. The summed E-state index contributed by atoms with van der Waals surface area (Å²) in [7, 11) is 0. The van der Waals surface area contributed by atoms with Gasteiger partial charge < -0.3 is 15.2 Å². The average Bonchev–Trinajstić information content (AvgIpc) is 2.55. The fraction of sp³-hybridized carbons (Fsp3) is 0.556. The highest BCUT2D eigenvalue weighted by atomic mass is 16.5. The van der Waals surface area contributed by atoms with Crippen LogP contribution in [0.2, 0.25) is 0 Å². The van der Waals surface area contributed by atoms with Gasteiger partial charge in [0.25, 0.3) is 0 Å². The van der Waals surface area contributed by atoms with E-state index in [0.717, 1.165) is 5.56 Å². The Balaban J connectivity index is 1.89. The van der Waals surface area contributed by atoms with E-state index in [1.165, 1.54) is 5.56 Å². The molecule has 1 unspecified atom stereocenters. The molecule has 0 radical (unpaired) electrons. The van der Waals surface area contributed by atoms with Crippen LogP contribution in [0, 0.1) is 18.3 Å². The van der Waals surface area contributed by atoms with Crippen molar-refractivity contribution < 1.29 is 19.4 Å². The molecule has 0 aromatic heterocycles. The van der Waals surface area contributed by atoms with E-state index in [1.54, 1.807) is 0 Å². The van der Waals surface area contributed by atoms with Gasteiger partial charge in [-0.15, -0.1) is 0 Å². The summed E-state index contributed by atoms with van der Waals surface area (Å²) in [5.41, 5.74) is 1.41. The maximum absolute atomic E-state index is 12.3. The Morgan fingerprint density at radius 1 is 1.26 bits per heavy atom. The number of carboxylic acid groups (broad SMARTS) is 1. The molecule has 1 aliphatic heterocycles. The number of carbonyl (C=O) groups is 2. The van der Waals surface area contributed by atoms with Crippen molar-refractivity contribution in [3.63, 3.8) is 0 Å².